The standard InChI is InChI=1S/C25H40N2O2S/c1-15(2)18-12-20(16(3)4)23(21(13-18)17(5)6)30(28,29)27-26-22-14-19-10-11-25(22,9)24(19,7)8/h12-13,15-17,19,27H,10-11,14H2,1-9H3/b26-22-/t19-,25+/m1/s1. The summed E-state index contributed by atoms with van der Waals surface area (Å²) in [6.45, 7) is 19.4. The van der Waals surface area contributed by atoms with Crippen LogP contribution in [0.15, 0.2) is 22.1 Å². The van der Waals surface area contributed by atoms with E-state index in [-0.39, 0.29) is 22.7 Å². The first-order valence-corrected chi connectivity index (χ1v) is 13.0. The summed E-state index contributed by atoms with van der Waals surface area (Å²) in [5.41, 5.74) is 4.12. The van der Waals surface area contributed by atoms with E-state index in [2.05, 4.69) is 84.4 Å². The highest BCUT2D eigenvalue weighted by Gasteiger charge is 2.60. The van der Waals surface area contributed by atoms with Gasteiger partial charge < -0.3 is 0 Å². The quantitative estimate of drug-likeness (QED) is 0.519. The number of nitrogens with one attached hydrogen (secondary N) is 1. The van der Waals surface area contributed by atoms with Gasteiger partial charge in [0.1, 0.15) is 0 Å². The van der Waals surface area contributed by atoms with Crippen molar-refractivity contribution in [2.24, 2.45) is 21.8 Å². The summed E-state index contributed by atoms with van der Waals surface area (Å²) in [5, 5.41) is 4.56. The molecular formula is C25H40N2O2S. The summed E-state index contributed by atoms with van der Waals surface area (Å²) in [6, 6.07) is 4.15. The van der Waals surface area contributed by atoms with Gasteiger partial charge in [0.15, 0.2) is 0 Å². The van der Waals surface area contributed by atoms with Gasteiger partial charge in [0.25, 0.3) is 10.0 Å². The van der Waals surface area contributed by atoms with Gasteiger partial charge in [0.2, 0.25) is 0 Å². The molecule has 2 saturated carbocycles. The van der Waals surface area contributed by atoms with Crippen LogP contribution in [0.25, 0.3) is 0 Å². The zero-order valence-corrected chi connectivity index (χ0v) is 21.1. The molecule has 0 radical (unpaired) electrons. The van der Waals surface area contributed by atoms with Gasteiger partial charge in [-0.05, 0) is 65.0 Å². The predicted molar refractivity (Wildman–Crippen MR) is 126 cm³/mol. The van der Waals surface area contributed by atoms with E-state index in [0.29, 0.717) is 16.7 Å². The van der Waals surface area contributed by atoms with Crippen molar-refractivity contribution in [1.82, 2.24) is 4.83 Å². The Bertz CT molecular complexity index is 928. The van der Waals surface area contributed by atoms with Crippen molar-refractivity contribution in [2.75, 3.05) is 0 Å². The maximum Gasteiger partial charge on any atom is 0.277 e. The summed E-state index contributed by atoms with van der Waals surface area (Å²) < 4.78 is 27.1. The van der Waals surface area contributed by atoms with Gasteiger partial charge in [-0.25, -0.2) is 4.83 Å². The van der Waals surface area contributed by atoms with Gasteiger partial charge in [0.05, 0.1) is 4.90 Å². The van der Waals surface area contributed by atoms with Crippen LogP contribution in [-0.4, -0.2) is 14.1 Å². The van der Waals surface area contributed by atoms with Crippen LogP contribution in [0.5, 0.6) is 0 Å². The van der Waals surface area contributed by atoms with Gasteiger partial charge in [-0.15, -0.1) is 0 Å². The molecule has 2 aliphatic carbocycles. The van der Waals surface area contributed by atoms with Gasteiger partial charge in [-0.1, -0.05) is 74.4 Å². The molecule has 0 unspecified atom stereocenters. The number of hydrogen-bond donors (Lipinski definition) is 1. The van der Waals surface area contributed by atoms with Crippen molar-refractivity contribution < 1.29 is 8.42 Å². The second-order valence-electron chi connectivity index (χ2n) is 11.1. The largest absolute Gasteiger partial charge is 0.277 e. The summed E-state index contributed by atoms with van der Waals surface area (Å²) in [5.74, 6) is 1.16. The van der Waals surface area contributed by atoms with Crippen molar-refractivity contribution in [3.05, 3.63) is 28.8 Å². The number of fused-ring (bicyclic) bond motifs is 2. The Morgan fingerprint density at radius 3 is 1.87 bits per heavy atom. The Morgan fingerprint density at radius 1 is 0.967 bits per heavy atom. The maximum atomic E-state index is 13.6. The van der Waals surface area contributed by atoms with Crippen LogP contribution in [0.4, 0.5) is 0 Å². The van der Waals surface area contributed by atoms with Gasteiger partial charge in [-0.2, -0.15) is 13.5 Å². The Balaban J connectivity index is 2.07. The normalized spacial score (nSPS) is 27.1. The topological polar surface area (TPSA) is 58.5 Å². The third-order valence-electron chi connectivity index (χ3n) is 8.16. The number of hydrogen-bond acceptors (Lipinski definition) is 3. The van der Waals surface area contributed by atoms with E-state index in [1.54, 1.807) is 0 Å². The smallest absolute Gasteiger partial charge is 0.200 e. The highest BCUT2D eigenvalue weighted by Crippen LogP contribution is 2.63. The minimum Gasteiger partial charge on any atom is -0.200 e. The fourth-order valence-corrected chi connectivity index (χ4v) is 6.99. The van der Waals surface area contributed by atoms with E-state index in [1.165, 1.54) is 12.0 Å². The van der Waals surface area contributed by atoms with Crippen LogP contribution >= 0.6 is 0 Å². The number of nitrogens with zero attached hydrogens (tertiary/aromatic N) is 1. The van der Waals surface area contributed by atoms with E-state index in [0.717, 1.165) is 29.7 Å². The highest BCUT2D eigenvalue weighted by molar-refractivity contribution is 7.89. The third-order valence-corrected chi connectivity index (χ3v) is 9.50. The minimum absolute atomic E-state index is 0.0244. The molecule has 4 nitrogen and oxygen atoms in total. The van der Waals surface area contributed by atoms with Crippen LogP contribution in [0.2, 0.25) is 0 Å². The lowest BCUT2D eigenvalue weighted by atomic mass is 9.70. The first kappa shape index (κ1) is 23.3. The Kier molecular flexibility index (Phi) is 5.94. The molecule has 2 aliphatic rings. The van der Waals surface area contributed by atoms with Crippen LogP contribution in [0.3, 0.4) is 0 Å². The zero-order chi connectivity index (χ0) is 22.6. The van der Waals surface area contributed by atoms with Crippen LogP contribution in [-0.2, 0) is 10.0 Å². The molecule has 0 saturated heterocycles. The van der Waals surface area contributed by atoms with Crippen molar-refractivity contribution >= 4 is 15.7 Å². The molecule has 2 atom stereocenters. The molecule has 0 spiro atoms. The Hall–Kier alpha value is -1.36. The zero-order valence-electron chi connectivity index (χ0n) is 20.3. The first-order chi connectivity index (χ1) is 13.7. The maximum absolute atomic E-state index is 13.6. The van der Waals surface area contributed by atoms with Crippen LogP contribution in [0.1, 0.15) is 116 Å². The predicted octanol–water partition coefficient (Wildman–Crippen LogP) is 6.54. The fraction of sp³-hybridized carbons (Fsp3) is 0.720. The van der Waals surface area contributed by atoms with E-state index in [1.807, 2.05) is 0 Å². The number of hydrazone groups is 1. The van der Waals surface area contributed by atoms with Crippen molar-refractivity contribution in [3.8, 4) is 0 Å². The number of benzene rings is 1. The summed E-state index contributed by atoms with van der Waals surface area (Å²) in [7, 11) is -3.76. The molecule has 2 fully saturated rings. The molecule has 0 aromatic heterocycles. The average Bonchev–Trinajstić information content (AvgIpc) is 2.98. The van der Waals surface area contributed by atoms with Gasteiger partial charge in [0, 0.05) is 11.1 Å². The number of sulfonamides is 1. The molecule has 1 aromatic carbocycles. The van der Waals surface area contributed by atoms with E-state index in [9.17, 15) is 8.42 Å². The summed E-state index contributed by atoms with van der Waals surface area (Å²) in [6.07, 6.45) is 3.19. The van der Waals surface area contributed by atoms with Crippen molar-refractivity contribution in [1.29, 1.82) is 0 Å². The van der Waals surface area contributed by atoms with E-state index < -0.39 is 10.0 Å². The fourth-order valence-electron chi connectivity index (χ4n) is 5.46. The minimum atomic E-state index is -3.76. The van der Waals surface area contributed by atoms with E-state index in [4.69, 9.17) is 0 Å². The molecular weight excluding hydrogens is 392 g/mol. The molecule has 3 rings (SSSR count). The molecule has 0 amide bonds. The second-order valence-corrected chi connectivity index (χ2v) is 12.7. The Labute approximate surface area is 184 Å². The highest BCUT2D eigenvalue weighted by atomic mass is 32.2. The molecule has 0 aliphatic heterocycles. The SMILES string of the molecule is CC(C)c1cc(C(C)C)c(S(=O)(=O)N/N=C2/C[C@H]3CC[C@]2(C)C3(C)C)c(C(C)C)c1. The van der Waals surface area contributed by atoms with E-state index >= 15 is 0 Å². The third kappa shape index (κ3) is 3.61. The van der Waals surface area contributed by atoms with Crippen molar-refractivity contribution in [3.63, 3.8) is 0 Å². The lowest BCUT2D eigenvalue weighted by Gasteiger charge is -2.34. The molecule has 30 heavy (non-hydrogen) atoms. The summed E-state index contributed by atoms with van der Waals surface area (Å²) >= 11 is 0. The monoisotopic (exact) mass is 432 g/mol. The van der Waals surface area contributed by atoms with Crippen LogP contribution in [0, 0.1) is 16.7 Å². The summed E-state index contributed by atoms with van der Waals surface area (Å²) in [4.78, 5) is 3.09. The van der Waals surface area contributed by atoms with Crippen LogP contribution < -0.4 is 4.83 Å². The first-order valence-electron chi connectivity index (χ1n) is 11.5. The molecule has 1 aromatic rings. The molecule has 5 heteroatoms. The van der Waals surface area contributed by atoms with Crippen molar-refractivity contribution in [2.45, 2.75) is 104 Å². The van der Waals surface area contributed by atoms with Gasteiger partial charge >= 0.3 is 0 Å². The average molecular weight is 433 g/mol. The number of rotatable bonds is 6. The molecule has 1 N–H and O–H groups in total. The second kappa shape index (κ2) is 7.65. The molecule has 168 valence electrons. The lowest BCUT2D eigenvalue weighted by Crippen LogP contribution is -2.34. The lowest BCUT2D eigenvalue weighted by molar-refractivity contribution is 0.193. The van der Waals surface area contributed by atoms with Gasteiger partial charge in [-0.3, -0.25) is 0 Å². The molecule has 0 heterocycles. The Morgan fingerprint density at radius 2 is 1.50 bits per heavy atom. The molecule has 2 bridgehead atoms.